The summed E-state index contributed by atoms with van der Waals surface area (Å²) in [5.41, 5.74) is -0.258. The number of amides is 1. The Bertz CT molecular complexity index is 551. The number of carbonyl (C=O) groups excluding carboxylic acids is 1. The zero-order valence-electron chi connectivity index (χ0n) is 14.7. The summed E-state index contributed by atoms with van der Waals surface area (Å²) in [6, 6.07) is 4.45. The minimum absolute atomic E-state index is 0.310. The third-order valence-corrected chi connectivity index (χ3v) is 3.69. The van der Waals surface area contributed by atoms with Crippen molar-refractivity contribution in [2.24, 2.45) is 0 Å². The van der Waals surface area contributed by atoms with Crippen LogP contribution in [0.3, 0.4) is 0 Å². The predicted octanol–water partition coefficient (Wildman–Crippen LogP) is 5.04. The van der Waals surface area contributed by atoms with Crippen LogP contribution >= 0.6 is 15.9 Å². The zero-order valence-corrected chi connectivity index (χ0v) is 16.3. The molecule has 0 radical (unpaired) electrons. The second kappa shape index (κ2) is 7.51. The molecule has 0 aromatic heterocycles. The van der Waals surface area contributed by atoms with E-state index in [0.29, 0.717) is 18.8 Å². The number of nitrogens with zero attached hydrogens (tertiary/aromatic N) is 1. The average molecular weight is 389 g/mol. The van der Waals surface area contributed by atoms with Crippen molar-refractivity contribution in [2.75, 3.05) is 18.4 Å². The quantitative estimate of drug-likeness (QED) is 0.785. The topological polar surface area (TPSA) is 41.6 Å². The average Bonchev–Trinajstić information content (AvgIpc) is 2.34. The fourth-order valence-electron chi connectivity index (χ4n) is 1.95. The van der Waals surface area contributed by atoms with Crippen LogP contribution in [0, 0.1) is 5.82 Å². The van der Waals surface area contributed by atoms with E-state index in [9.17, 15) is 9.18 Å². The standard InChI is InChI=1S/C17H26BrFN2O2/c1-16(2,3)21(15(22)23-17(4,5)6)10-9-20-14-11-12(19)7-8-13(14)18/h7-8,11,20H,9-10H2,1-6H3. The van der Waals surface area contributed by atoms with Gasteiger partial charge in [-0.2, -0.15) is 0 Å². The van der Waals surface area contributed by atoms with Gasteiger partial charge in [0.05, 0.1) is 5.69 Å². The minimum atomic E-state index is -0.542. The van der Waals surface area contributed by atoms with Crippen molar-refractivity contribution in [1.82, 2.24) is 4.90 Å². The van der Waals surface area contributed by atoms with Crippen molar-refractivity contribution < 1.29 is 13.9 Å². The number of hydrogen-bond acceptors (Lipinski definition) is 3. The lowest BCUT2D eigenvalue weighted by Gasteiger charge is -2.37. The number of anilines is 1. The third-order valence-electron chi connectivity index (χ3n) is 3.00. The monoisotopic (exact) mass is 388 g/mol. The van der Waals surface area contributed by atoms with Crippen LogP contribution in [0.5, 0.6) is 0 Å². The van der Waals surface area contributed by atoms with Crippen LogP contribution in [0.25, 0.3) is 0 Å². The van der Waals surface area contributed by atoms with Crippen molar-refractivity contribution >= 4 is 27.7 Å². The maximum absolute atomic E-state index is 13.3. The van der Waals surface area contributed by atoms with Gasteiger partial charge in [0.25, 0.3) is 0 Å². The highest BCUT2D eigenvalue weighted by atomic mass is 79.9. The Morgan fingerprint density at radius 2 is 1.87 bits per heavy atom. The van der Waals surface area contributed by atoms with Gasteiger partial charge < -0.3 is 15.0 Å². The first-order chi connectivity index (χ1) is 10.4. The number of carbonyl (C=O) groups is 1. The molecule has 0 heterocycles. The molecule has 1 aromatic carbocycles. The smallest absolute Gasteiger partial charge is 0.410 e. The van der Waals surface area contributed by atoms with Gasteiger partial charge in [0, 0.05) is 23.1 Å². The van der Waals surface area contributed by atoms with Gasteiger partial charge in [-0.1, -0.05) is 0 Å². The largest absolute Gasteiger partial charge is 0.444 e. The molecule has 0 aliphatic heterocycles. The molecule has 0 saturated heterocycles. The fourth-order valence-corrected chi connectivity index (χ4v) is 2.34. The molecule has 1 rings (SSSR count). The normalized spacial score (nSPS) is 12.0. The summed E-state index contributed by atoms with van der Waals surface area (Å²) in [7, 11) is 0. The van der Waals surface area contributed by atoms with E-state index in [1.165, 1.54) is 12.1 Å². The fraction of sp³-hybridized carbons (Fsp3) is 0.588. The van der Waals surface area contributed by atoms with Crippen LogP contribution in [-0.2, 0) is 4.74 Å². The van der Waals surface area contributed by atoms with Gasteiger partial charge in [-0.05, 0) is 75.7 Å². The molecule has 0 saturated carbocycles. The number of halogens is 2. The molecule has 1 amide bonds. The molecule has 130 valence electrons. The molecule has 6 heteroatoms. The first kappa shape index (κ1) is 19.7. The second-order valence-electron chi connectivity index (χ2n) is 7.35. The summed E-state index contributed by atoms with van der Waals surface area (Å²) in [6.45, 7) is 12.3. The number of rotatable bonds is 4. The lowest BCUT2D eigenvalue weighted by molar-refractivity contribution is 0.00749. The highest BCUT2D eigenvalue weighted by Crippen LogP contribution is 2.23. The Hall–Kier alpha value is -1.30. The van der Waals surface area contributed by atoms with Crippen LogP contribution in [-0.4, -0.2) is 35.2 Å². The van der Waals surface area contributed by atoms with E-state index in [0.717, 1.165) is 4.47 Å². The minimum Gasteiger partial charge on any atom is -0.444 e. The van der Waals surface area contributed by atoms with Gasteiger partial charge in [0.2, 0.25) is 0 Å². The summed E-state index contributed by atoms with van der Waals surface area (Å²) in [4.78, 5) is 14.0. The summed E-state index contributed by atoms with van der Waals surface area (Å²) >= 11 is 3.37. The Balaban J connectivity index is 2.72. The maximum atomic E-state index is 13.3. The highest BCUT2D eigenvalue weighted by molar-refractivity contribution is 9.10. The van der Waals surface area contributed by atoms with Crippen molar-refractivity contribution in [3.63, 3.8) is 0 Å². The van der Waals surface area contributed by atoms with Crippen molar-refractivity contribution in [3.8, 4) is 0 Å². The van der Waals surface area contributed by atoms with Crippen molar-refractivity contribution in [2.45, 2.75) is 52.7 Å². The van der Waals surface area contributed by atoms with Crippen molar-refractivity contribution in [1.29, 1.82) is 0 Å². The van der Waals surface area contributed by atoms with Gasteiger partial charge in [0.1, 0.15) is 11.4 Å². The van der Waals surface area contributed by atoms with Gasteiger partial charge in [0.15, 0.2) is 0 Å². The highest BCUT2D eigenvalue weighted by Gasteiger charge is 2.30. The van der Waals surface area contributed by atoms with Crippen LogP contribution in [0.1, 0.15) is 41.5 Å². The molecule has 0 aliphatic carbocycles. The first-order valence-corrected chi connectivity index (χ1v) is 8.39. The molecular formula is C17H26BrFN2O2. The number of hydrogen-bond donors (Lipinski definition) is 1. The molecule has 0 atom stereocenters. The van der Waals surface area contributed by atoms with Gasteiger partial charge in [-0.3, -0.25) is 0 Å². The first-order valence-electron chi connectivity index (χ1n) is 7.60. The third kappa shape index (κ3) is 6.77. The van der Waals surface area contributed by atoms with Crippen molar-refractivity contribution in [3.05, 3.63) is 28.5 Å². The molecule has 0 spiro atoms. The summed E-state index contributed by atoms with van der Waals surface area (Å²) in [5.74, 6) is -0.310. The van der Waals surface area contributed by atoms with Gasteiger partial charge in [-0.15, -0.1) is 0 Å². The number of nitrogens with one attached hydrogen (secondary N) is 1. The molecule has 0 unspecified atom stereocenters. The summed E-state index contributed by atoms with van der Waals surface area (Å²) in [6.07, 6.45) is -0.356. The van der Waals surface area contributed by atoms with E-state index < -0.39 is 5.60 Å². The van der Waals surface area contributed by atoms with Gasteiger partial charge in [-0.25, -0.2) is 9.18 Å². The van der Waals surface area contributed by atoms with E-state index in [-0.39, 0.29) is 17.4 Å². The predicted molar refractivity (Wildman–Crippen MR) is 95.3 cm³/mol. The second-order valence-corrected chi connectivity index (χ2v) is 8.21. The Labute approximate surface area is 146 Å². The SMILES string of the molecule is CC(C)(C)OC(=O)N(CCNc1cc(F)ccc1Br)C(C)(C)C. The lowest BCUT2D eigenvalue weighted by Crippen LogP contribution is -2.49. The Morgan fingerprint density at radius 3 is 2.39 bits per heavy atom. The molecular weight excluding hydrogens is 363 g/mol. The number of benzene rings is 1. The van der Waals surface area contributed by atoms with Gasteiger partial charge >= 0.3 is 6.09 Å². The zero-order chi connectivity index (χ0) is 17.8. The molecule has 0 fully saturated rings. The maximum Gasteiger partial charge on any atom is 0.410 e. The molecule has 0 aliphatic rings. The molecule has 1 N–H and O–H groups in total. The summed E-state index contributed by atoms with van der Waals surface area (Å²) in [5, 5.41) is 3.14. The van der Waals surface area contributed by atoms with E-state index in [1.54, 1.807) is 11.0 Å². The van der Waals surface area contributed by atoms with E-state index in [4.69, 9.17) is 4.74 Å². The van der Waals surface area contributed by atoms with E-state index in [2.05, 4.69) is 21.2 Å². The Kier molecular flexibility index (Phi) is 6.45. The van der Waals surface area contributed by atoms with Crippen LogP contribution in [0.4, 0.5) is 14.9 Å². The van der Waals surface area contributed by atoms with Crippen LogP contribution in [0.15, 0.2) is 22.7 Å². The lowest BCUT2D eigenvalue weighted by atomic mass is 10.1. The molecule has 4 nitrogen and oxygen atoms in total. The van der Waals surface area contributed by atoms with Crippen LogP contribution in [0.2, 0.25) is 0 Å². The van der Waals surface area contributed by atoms with E-state index >= 15 is 0 Å². The number of ether oxygens (including phenoxy) is 1. The molecule has 0 bridgehead atoms. The Morgan fingerprint density at radius 1 is 1.26 bits per heavy atom. The molecule has 23 heavy (non-hydrogen) atoms. The van der Waals surface area contributed by atoms with Crippen LogP contribution < -0.4 is 5.32 Å². The molecule has 1 aromatic rings. The van der Waals surface area contributed by atoms with E-state index in [1.807, 2.05) is 41.5 Å². The summed E-state index contributed by atoms with van der Waals surface area (Å²) < 4.78 is 19.5.